The molecule has 0 amide bonds. The summed E-state index contributed by atoms with van der Waals surface area (Å²) < 4.78 is 26.3. The number of ether oxygens (including phenoxy) is 2. The Morgan fingerprint density at radius 2 is 0.894 bits per heavy atom. The van der Waals surface area contributed by atoms with E-state index < -0.39 is 32.5 Å². The molecular formula is C38H71O8P. The van der Waals surface area contributed by atoms with Gasteiger partial charge in [0.1, 0.15) is 6.61 Å². The van der Waals surface area contributed by atoms with Crippen molar-refractivity contribution in [3.8, 4) is 0 Å². The molecule has 2 N–H and O–H groups in total. The molecule has 276 valence electrons. The summed E-state index contributed by atoms with van der Waals surface area (Å²) in [6.45, 7) is 3.64. The van der Waals surface area contributed by atoms with Crippen molar-refractivity contribution in [2.24, 2.45) is 0 Å². The monoisotopic (exact) mass is 686 g/mol. The van der Waals surface area contributed by atoms with Crippen LogP contribution in [0.1, 0.15) is 187 Å². The van der Waals surface area contributed by atoms with Gasteiger partial charge in [-0.3, -0.25) is 14.1 Å². The van der Waals surface area contributed by atoms with Gasteiger partial charge in [-0.2, -0.15) is 0 Å². The van der Waals surface area contributed by atoms with E-state index in [-0.39, 0.29) is 19.4 Å². The van der Waals surface area contributed by atoms with Crippen LogP contribution in [0.4, 0.5) is 0 Å². The molecule has 0 saturated carbocycles. The van der Waals surface area contributed by atoms with Crippen LogP contribution >= 0.6 is 7.82 Å². The minimum atomic E-state index is -4.75. The number of phosphoric ester groups is 1. The van der Waals surface area contributed by atoms with Gasteiger partial charge in [0.15, 0.2) is 6.10 Å². The molecule has 8 nitrogen and oxygen atoms in total. The molecule has 47 heavy (non-hydrogen) atoms. The van der Waals surface area contributed by atoms with Gasteiger partial charge in [0.05, 0.1) is 6.61 Å². The van der Waals surface area contributed by atoms with Crippen molar-refractivity contribution in [1.29, 1.82) is 0 Å². The van der Waals surface area contributed by atoms with E-state index in [0.29, 0.717) is 6.42 Å². The van der Waals surface area contributed by atoms with Crippen molar-refractivity contribution in [1.82, 2.24) is 0 Å². The van der Waals surface area contributed by atoms with Crippen molar-refractivity contribution < 1.29 is 37.9 Å². The summed E-state index contributed by atoms with van der Waals surface area (Å²) in [6, 6.07) is 0. The largest absolute Gasteiger partial charge is 0.469 e. The van der Waals surface area contributed by atoms with E-state index in [4.69, 9.17) is 19.3 Å². The normalized spacial score (nSPS) is 12.7. The summed E-state index contributed by atoms with van der Waals surface area (Å²) in [5.41, 5.74) is 0. The van der Waals surface area contributed by atoms with Crippen LogP contribution in [0, 0.1) is 0 Å². The first-order valence-electron chi connectivity index (χ1n) is 19.1. The second kappa shape index (κ2) is 34.4. The lowest BCUT2D eigenvalue weighted by molar-refractivity contribution is -0.161. The van der Waals surface area contributed by atoms with E-state index in [0.717, 1.165) is 70.6 Å². The highest BCUT2D eigenvalue weighted by Crippen LogP contribution is 2.36. The van der Waals surface area contributed by atoms with Crippen LogP contribution < -0.4 is 0 Å². The molecule has 0 aliphatic rings. The number of phosphoric acid groups is 1. The summed E-state index contributed by atoms with van der Waals surface area (Å²) >= 11 is 0. The number of unbranched alkanes of at least 4 members (excludes halogenated alkanes) is 21. The summed E-state index contributed by atoms with van der Waals surface area (Å²) in [5, 5.41) is 0. The molecule has 0 heterocycles. The van der Waals surface area contributed by atoms with Gasteiger partial charge in [0, 0.05) is 12.8 Å². The number of hydrogen-bond acceptors (Lipinski definition) is 6. The summed E-state index contributed by atoms with van der Waals surface area (Å²) in [5.74, 6) is -0.898. The summed E-state index contributed by atoms with van der Waals surface area (Å²) in [6.07, 6.45) is 37.5. The van der Waals surface area contributed by atoms with Gasteiger partial charge in [-0.25, -0.2) is 4.57 Å². The molecule has 0 aromatic rings. The number of rotatable bonds is 35. The predicted molar refractivity (Wildman–Crippen MR) is 193 cm³/mol. The van der Waals surface area contributed by atoms with Crippen LogP contribution in [0.5, 0.6) is 0 Å². The number of esters is 2. The molecule has 0 unspecified atom stereocenters. The standard InChI is InChI=1S/C38H71O8P/c1-3-5-7-9-11-13-15-17-18-19-20-21-23-24-26-28-30-32-37(39)44-34-36(35-45-47(41,42)43)46-38(40)33-31-29-27-25-22-16-14-12-10-8-6-4-2/h12,14,17-18,36H,3-11,13,15-16,19-35H2,1-2H3,(H2,41,42,43)/b14-12+,18-17+/t36-/m1/s1. The van der Waals surface area contributed by atoms with Gasteiger partial charge in [0.25, 0.3) is 0 Å². The Kier molecular flexibility index (Phi) is 33.3. The van der Waals surface area contributed by atoms with Gasteiger partial charge in [0.2, 0.25) is 0 Å². The molecule has 0 aromatic heterocycles. The first-order valence-corrected chi connectivity index (χ1v) is 20.7. The number of hydrogen-bond donors (Lipinski definition) is 2. The van der Waals surface area contributed by atoms with Crippen LogP contribution in [-0.2, 0) is 28.2 Å². The van der Waals surface area contributed by atoms with E-state index in [1.165, 1.54) is 83.5 Å². The summed E-state index contributed by atoms with van der Waals surface area (Å²) in [7, 11) is -4.75. The van der Waals surface area contributed by atoms with Crippen molar-refractivity contribution in [3.05, 3.63) is 24.3 Å². The first kappa shape index (κ1) is 45.5. The Balaban J connectivity index is 3.94. The predicted octanol–water partition coefficient (Wildman–Crippen LogP) is 11.2. The Morgan fingerprint density at radius 3 is 1.34 bits per heavy atom. The van der Waals surface area contributed by atoms with Crippen LogP contribution in [-0.4, -0.2) is 41.0 Å². The van der Waals surface area contributed by atoms with E-state index in [1.54, 1.807) is 0 Å². The number of carbonyl (C=O) groups excluding carboxylic acids is 2. The molecule has 0 radical (unpaired) electrons. The highest BCUT2D eigenvalue weighted by atomic mass is 31.2. The van der Waals surface area contributed by atoms with Crippen molar-refractivity contribution in [3.63, 3.8) is 0 Å². The van der Waals surface area contributed by atoms with Crippen LogP contribution in [0.15, 0.2) is 24.3 Å². The van der Waals surface area contributed by atoms with E-state index in [9.17, 15) is 14.2 Å². The van der Waals surface area contributed by atoms with Crippen molar-refractivity contribution in [2.75, 3.05) is 13.2 Å². The zero-order chi connectivity index (χ0) is 34.7. The minimum absolute atomic E-state index is 0.202. The highest BCUT2D eigenvalue weighted by molar-refractivity contribution is 7.46. The second-order valence-corrected chi connectivity index (χ2v) is 14.1. The maximum atomic E-state index is 12.3. The lowest BCUT2D eigenvalue weighted by Crippen LogP contribution is -2.29. The zero-order valence-corrected chi connectivity index (χ0v) is 31.1. The molecule has 0 spiro atoms. The van der Waals surface area contributed by atoms with Crippen LogP contribution in [0.2, 0.25) is 0 Å². The highest BCUT2D eigenvalue weighted by Gasteiger charge is 2.22. The molecule has 0 aliphatic carbocycles. The quantitative estimate of drug-likeness (QED) is 0.0292. The van der Waals surface area contributed by atoms with Gasteiger partial charge in [-0.15, -0.1) is 0 Å². The summed E-state index contributed by atoms with van der Waals surface area (Å²) in [4.78, 5) is 42.7. The maximum absolute atomic E-state index is 12.3. The zero-order valence-electron chi connectivity index (χ0n) is 30.2. The molecule has 0 fully saturated rings. The number of carbonyl (C=O) groups is 2. The fourth-order valence-electron chi connectivity index (χ4n) is 5.30. The second-order valence-electron chi connectivity index (χ2n) is 12.9. The smallest absolute Gasteiger partial charge is 0.462 e. The Hall–Kier alpha value is -1.47. The molecule has 0 saturated heterocycles. The molecule has 0 rings (SSSR count). The van der Waals surface area contributed by atoms with Gasteiger partial charge in [-0.1, -0.05) is 134 Å². The van der Waals surface area contributed by atoms with Crippen molar-refractivity contribution in [2.45, 2.75) is 193 Å². The van der Waals surface area contributed by atoms with Crippen molar-refractivity contribution >= 4 is 19.8 Å². The van der Waals surface area contributed by atoms with Gasteiger partial charge in [-0.05, 0) is 64.2 Å². The molecule has 1 atom stereocenters. The number of allylic oxidation sites excluding steroid dienone is 4. The van der Waals surface area contributed by atoms with E-state index in [2.05, 4.69) is 42.7 Å². The Morgan fingerprint density at radius 1 is 0.532 bits per heavy atom. The third-order valence-electron chi connectivity index (χ3n) is 8.19. The van der Waals surface area contributed by atoms with E-state index >= 15 is 0 Å². The Labute approximate surface area is 288 Å². The van der Waals surface area contributed by atoms with Gasteiger partial charge >= 0.3 is 19.8 Å². The molecule has 0 bridgehead atoms. The SMILES string of the molecule is CCCCC/C=C/CCCCCCCC(=O)O[C@H](COC(=O)CCCCCCCCC/C=C/CCCCCCCC)COP(=O)(O)O. The fraction of sp³-hybridized carbons (Fsp3) is 0.842. The molecular weight excluding hydrogens is 615 g/mol. The third kappa shape index (κ3) is 37.2. The topological polar surface area (TPSA) is 119 Å². The molecule has 9 heteroatoms. The maximum Gasteiger partial charge on any atom is 0.469 e. The Bertz CT molecular complexity index is 823. The molecule has 0 aromatic carbocycles. The first-order chi connectivity index (χ1) is 22.8. The molecule has 0 aliphatic heterocycles. The minimum Gasteiger partial charge on any atom is -0.462 e. The van der Waals surface area contributed by atoms with Crippen LogP contribution in [0.3, 0.4) is 0 Å². The average molecular weight is 687 g/mol. The lowest BCUT2D eigenvalue weighted by Gasteiger charge is -2.18. The van der Waals surface area contributed by atoms with E-state index in [1.807, 2.05) is 0 Å². The van der Waals surface area contributed by atoms with Gasteiger partial charge < -0.3 is 19.3 Å². The lowest BCUT2D eigenvalue weighted by atomic mass is 10.1. The van der Waals surface area contributed by atoms with Crippen LogP contribution in [0.25, 0.3) is 0 Å². The average Bonchev–Trinajstić information content (AvgIpc) is 3.04. The third-order valence-corrected chi connectivity index (χ3v) is 8.68. The fourth-order valence-corrected chi connectivity index (χ4v) is 5.66.